The third kappa shape index (κ3) is 2.27. The number of sulfone groups is 1. The monoisotopic (exact) mass is 244 g/mol. The van der Waals surface area contributed by atoms with Crippen molar-refractivity contribution in [3.63, 3.8) is 0 Å². The first-order valence-corrected chi connectivity index (χ1v) is 6.80. The molecule has 0 spiro atoms. The van der Waals surface area contributed by atoms with E-state index in [1.54, 1.807) is 4.90 Å². The van der Waals surface area contributed by atoms with Gasteiger partial charge in [-0.15, -0.1) is 0 Å². The molecule has 1 aliphatic rings. The molecule has 1 aromatic carbocycles. The minimum atomic E-state index is -2.92. The summed E-state index contributed by atoms with van der Waals surface area (Å²) < 4.78 is 35.5. The highest BCUT2D eigenvalue weighted by Gasteiger charge is 2.22. The Morgan fingerprint density at radius 3 is 2.50 bits per heavy atom. The molecule has 2 rings (SSSR count). The van der Waals surface area contributed by atoms with Crippen LogP contribution in [0.25, 0.3) is 0 Å². The van der Waals surface area contributed by atoms with Crippen LogP contribution < -0.4 is 10.6 Å². The van der Waals surface area contributed by atoms with E-state index < -0.39 is 9.84 Å². The van der Waals surface area contributed by atoms with Crippen LogP contribution in [0, 0.1) is 5.82 Å². The molecule has 0 bridgehead atoms. The van der Waals surface area contributed by atoms with E-state index in [1.165, 1.54) is 18.2 Å². The fraction of sp³-hybridized carbons (Fsp3) is 0.400. The van der Waals surface area contributed by atoms with Crippen molar-refractivity contribution in [3.05, 3.63) is 24.0 Å². The van der Waals surface area contributed by atoms with Gasteiger partial charge in [0.05, 0.1) is 22.9 Å². The van der Waals surface area contributed by atoms with Gasteiger partial charge in [0.2, 0.25) is 0 Å². The van der Waals surface area contributed by atoms with Gasteiger partial charge in [0.15, 0.2) is 9.84 Å². The molecule has 1 heterocycles. The molecule has 1 fully saturated rings. The first-order chi connectivity index (χ1) is 7.48. The predicted molar refractivity (Wildman–Crippen MR) is 61.7 cm³/mol. The third-order valence-corrected chi connectivity index (χ3v) is 4.29. The highest BCUT2D eigenvalue weighted by atomic mass is 32.2. The number of benzene rings is 1. The van der Waals surface area contributed by atoms with E-state index in [4.69, 9.17) is 5.73 Å². The molecule has 1 aromatic rings. The van der Waals surface area contributed by atoms with Gasteiger partial charge in [-0.2, -0.15) is 0 Å². The summed E-state index contributed by atoms with van der Waals surface area (Å²) in [5, 5.41) is 0. The second-order valence-corrected chi connectivity index (χ2v) is 6.15. The second kappa shape index (κ2) is 3.93. The third-order valence-electron chi connectivity index (χ3n) is 2.68. The summed E-state index contributed by atoms with van der Waals surface area (Å²) in [7, 11) is -2.92. The summed E-state index contributed by atoms with van der Waals surface area (Å²) >= 11 is 0. The quantitative estimate of drug-likeness (QED) is 0.736. The molecule has 0 unspecified atom stereocenters. The molecule has 2 N–H and O–H groups in total. The number of halogens is 1. The Kier molecular flexibility index (Phi) is 2.75. The standard InChI is InChI=1S/C10H13FN2O2S/c11-8-1-2-9(12)10(7-8)13-3-5-16(14,15)6-4-13/h1-2,7H,3-6,12H2. The van der Waals surface area contributed by atoms with E-state index in [0.29, 0.717) is 24.5 Å². The summed E-state index contributed by atoms with van der Waals surface area (Å²) in [4.78, 5) is 1.81. The number of nitrogen functional groups attached to an aromatic ring is 1. The van der Waals surface area contributed by atoms with Gasteiger partial charge in [0.25, 0.3) is 0 Å². The summed E-state index contributed by atoms with van der Waals surface area (Å²) in [5.41, 5.74) is 6.78. The fourth-order valence-corrected chi connectivity index (χ4v) is 2.95. The molecule has 0 saturated carbocycles. The van der Waals surface area contributed by atoms with Crippen molar-refractivity contribution in [1.82, 2.24) is 0 Å². The molecule has 1 aliphatic heterocycles. The molecule has 4 nitrogen and oxygen atoms in total. The molecule has 16 heavy (non-hydrogen) atoms. The Bertz CT molecular complexity index is 488. The average molecular weight is 244 g/mol. The van der Waals surface area contributed by atoms with Gasteiger partial charge in [-0.25, -0.2) is 12.8 Å². The SMILES string of the molecule is Nc1ccc(F)cc1N1CCS(=O)(=O)CC1. The molecule has 0 aliphatic carbocycles. The van der Waals surface area contributed by atoms with Gasteiger partial charge < -0.3 is 10.6 Å². The number of rotatable bonds is 1. The maximum atomic E-state index is 13.1. The molecule has 0 aromatic heterocycles. The van der Waals surface area contributed by atoms with Gasteiger partial charge in [0, 0.05) is 13.1 Å². The van der Waals surface area contributed by atoms with Crippen molar-refractivity contribution in [2.45, 2.75) is 0 Å². The Hall–Kier alpha value is -1.30. The Balaban J connectivity index is 2.23. The lowest BCUT2D eigenvalue weighted by Crippen LogP contribution is -2.40. The van der Waals surface area contributed by atoms with Gasteiger partial charge in [-0.3, -0.25) is 0 Å². The van der Waals surface area contributed by atoms with Crippen molar-refractivity contribution < 1.29 is 12.8 Å². The molecule has 1 saturated heterocycles. The second-order valence-electron chi connectivity index (χ2n) is 3.84. The van der Waals surface area contributed by atoms with Gasteiger partial charge in [-0.05, 0) is 18.2 Å². The lowest BCUT2D eigenvalue weighted by atomic mass is 10.2. The largest absolute Gasteiger partial charge is 0.397 e. The molecule has 88 valence electrons. The smallest absolute Gasteiger partial charge is 0.153 e. The molecular formula is C10H13FN2O2S. The van der Waals surface area contributed by atoms with Crippen molar-refractivity contribution in [2.24, 2.45) is 0 Å². The van der Waals surface area contributed by atoms with Crippen LogP contribution in [0.15, 0.2) is 18.2 Å². The molecule has 0 atom stereocenters. The number of nitrogens with two attached hydrogens (primary N) is 1. The van der Waals surface area contributed by atoms with E-state index in [1.807, 2.05) is 0 Å². The molecule has 0 radical (unpaired) electrons. The van der Waals surface area contributed by atoms with E-state index >= 15 is 0 Å². The van der Waals surface area contributed by atoms with Gasteiger partial charge >= 0.3 is 0 Å². The zero-order chi connectivity index (χ0) is 11.8. The summed E-state index contributed by atoms with van der Waals surface area (Å²) in [6.45, 7) is 0.742. The topological polar surface area (TPSA) is 63.4 Å². The number of hydrogen-bond acceptors (Lipinski definition) is 4. The van der Waals surface area contributed by atoms with Crippen molar-refractivity contribution in [1.29, 1.82) is 0 Å². The van der Waals surface area contributed by atoms with E-state index in [2.05, 4.69) is 0 Å². The number of hydrogen-bond donors (Lipinski definition) is 1. The lowest BCUT2D eigenvalue weighted by molar-refractivity contribution is 0.586. The highest BCUT2D eigenvalue weighted by Crippen LogP contribution is 2.25. The first kappa shape index (κ1) is 11.2. The van der Waals surface area contributed by atoms with Crippen molar-refractivity contribution in [3.8, 4) is 0 Å². The zero-order valence-corrected chi connectivity index (χ0v) is 9.50. The highest BCUT2D eigenvalue weighted by molar-refractivity contribution is 7.91. The maximum absolute atomic E-state index is 13.1. The zero-order valence-electron chi connectivity index (χ0n) is 8.69. The summed E-state index contributed by atoms with van der Waals surface area (Å²) in [6, 6.07) is 4.13. The first-order valence-electron chi connectivity index (χ1n) is 4.98. The molecule has 0 amide bonds. The Morgan fingerprint density at radius 1 is 1.25 bits per heavy atom. The normalized spacial score (nSPS) is 19.7. The van der Waals surface area contributed by atoms with E-state index in [9.17, 15) is 12.8 Å². The maximum Gasteiger partial charge on any atom is 0.153 e. The molecular weight excluding hydrogens is 231 g/mol. The minimum Gasteiger partial charge on any atom is -0.397 e. The van der Waals surface area contributed by atoms with E-state index in [-0.39, 0.29) is 17.3 Å². The van der Waals surface area contributed by atoms with Crippen molar-refractivity contribution >= 4 is 21.2 Å². The van der Waals surface area contributed by atoms with Crippen LogP contribution in [0.1, 0.15) is 0 Å². The van der Waals surface area contributed by atoms with E-state index in [0.717, 1.165) is 0 Å². The Labute approximate surface area is 93.8 Å². The van der Waals surface area contributed by atoms with Crippen LogP contribution in [0.4, 0.5) is 15.8 Å². The van der Waals surface area contributed by atoms with Gasteiger partial charge in [0.1, 0.15) is 5.82 Å². The lowest BCUT2D eigenvalue weighted by Gasteiger charge is -2.29. The van der Waals surface area contributed by atoms with Gasteiger partial charge in [-0.1, -0.05) is 0 Å². The number of anilines is 2. The Morgan fingerprint density at radius 2 is 1.88 bits per heavy atom. The van der Waals surface area contributed by atoms with Crippen molar-refractivity contribution in [2.75, 3.05) is 35.2 Å². The van der Waals surface area contributed by atoms with Crippen LogP contribution in [-0.4, -0.2) is 33.0 Å². The summed E-state index contributed by atoms with van der Waals surface area (Å²) in [6.07, 6.45) is 0. The fourth-order valence-electron chi connectivity index (χ4n) is 1.74. The molecule has 6 heteroatoms. The number of nitrogens with zero attached hydrogens (tertiary/aromatic N) is 1. The van der Waals surface area contributed by atoms with Crippen LogP contribution in [-0.2, 0) is 9.84 Å². The van der Waals surface area contributed by atoms with Crippen LogP contribution in [0.5, 0.6) is 0 Å². The van der Waals surface area contributed by atoms with Crippen LogP contribution in [0.2, 0.25) is 0 Å². The summed E-state index contributed by atoms with van der Waals surface area (Å²) in [5.74, 6) is -0.163. The minimum absolute atomic E-state index is 0.100. The average Bonchev–Trinajstić information content (AvgIpc) is 2.22. The predicted octanol–water partition coefficient (Wildman–Crippen LogP) is 0.643. The van der Waals surface area contributed by atoms with Crippen LogP contribution in [0.3, 0.4) is 0 Å². The van der Waals surface area contributed by atoms with Crippen LogP contribution >= 0.6 is 0 Å².